The molecule has 0 atom stereocenters. The monoisotopic (exact) mass is 612 g/mol. The minimum atomic E-state index is -4.62. The second-order valence-electron chi connectivity index (χ2n) is 12.1. The SMILES string of the molecule is COC(=O)Cc1ccc(C)cc1CCc1nc(Nc2ccc(C3CCN(C(=O)OC(C)(C)C)CC3)cc2)ncc1C(F)(F)F. The molecule has 8 nitrogen and oxygen atoms in total. The fraction of sp³-hybridized carbons (Fsp3) is 0.455. The number of benzene rings is 2. The molecule has 0 aliphatic carbocycles. The predicted octanol–water partition coefficient (Wildman–Crippen LogP) is 7.16. The fourth-order valence-electron chi connectivity index (χ4n) is 5.23. The van der Waals surface area contributed by atoms with Crippen LogP contribution in [0.25, 0.3) is 0 Å². The van der Waals surface area contributed by atoms with Gasteiger partial charge in [0, 0.05) is 25.0 Å². The summed E-state index contributed by atoms with van der Waals surface area (Å²) in [7, 11) is 1.30. The molecule has 1 aromatic heterocycles. The summed E-state index contributed by atoms with van der Waals surface area (Å²) in [6.45, 7) is 8.64. The number of alkyl halides is 3. The number of hydrogen-bond donors (Lipinski definition) is 1. The number of halogens is 3. The van der Waals surface area contributed by atoms with E-state index < -0.39 is 23.3 Å². The predicted molar refractivity (Wildman–Crippen MR) is 161 cm³/mol. The molecular formula is C33H39F3N4O4. The van der Waals surface area contributed by atoms with Crippen molar-refractivity contribution < 1.29 is 32.2 Å². The molecule has 1 aliphatic rings. The molecule has 0 unspecified atom stereocenters. The molecule has 1 fully saturated rings. The van der Waals surface area contributed by atoms with Crippen LogP contribution in [-0.2, 0) is 39.7 Å². The standard InChI is InChI=1S/C33H39F3N4O4/c1-21-6-7-25(19-29(41)43-5)24(18-21)10-13-28-27(33(34,35)36)20-37-30(39-28)38-26-11-8-22(9-12-26)23-14-16-40(17-15-23)31(42)44-32(2,3)4/h6-9,11-12,18,20,23H,10,13-17,19H2,1-5H3,(H,37,38,39). The van der Waals surface area contributed by atoms with E-state index in [4.69, 9.17) is 9.47 Å². The zero-order chi connectivity index (χ0) is 32.1. The first-order valence-electron chi connectivity index (χ1n) is 14.6. The van der Waals surface area contributed by atoms with Crippen molar-refractivity contribution >= 4 is 23.7 Å². The highest BCUT2D eigenvalue weighted by atomic mass is 19.4. The molecule has 1 saturated heterocycles. The first-order valence-corrected chi connectivity index (χ1v) is 14.6. The van der Waals surface area contributed by atoms with Crippen LogP contribution in [0.5, 0.6) is 0 Å². The molecule has 0 radical (unpaired) electrons. The summed E-state index contributed by atoms with van der Waals surface area (Å²) in [5.74, 6) is -0.0790. The summed E-state index contributed by atoms with van der Waals surface area (Å²) in [6.07, 6.45) is -2.20. The molecule has 4 rings (SSSR count). The van der Waals surface area contributed by atoms with E-state index in [9.17, 15) is 22.8 Å². The molecular weight excluding hydrogens is 573 g/mol. The van der Waals surface area contributed by atoms with Gasteiger partial charge in [-0.25, -0.2) is 14.8 Å². The number of aryl methyl sites for hydroxylation is 3. The molecule has 1 amide bonds. The van der Waals surface area contributed by atoms with Crippen LogP contribution in [0.2, 0.25) is 0 Å². The Balaban J connectivity index is 1.44. The first-order chi connectivity index (χ1) is 20.7. The van der Waals surface area contributed by atoms with E-state index >= 15 is 0 Å². The van der Waals surface area contributed by atoms with Crippen molar-refractivity contribution in [3.05, 3.63) is 82.2 Å². The van der Waals surface area contributed by atoms with Crippen molar-refractivity contribution in [2.75, 3.05) is 25.5 Å². The molecule has 2 aromatic carbocycles. The number of anilines is 2. The van der Waals surface area contributed by atoms with Gasteiger partial charge in [-0.05, 0) is 88.1 Å². The number of amides is 1. The van der Waals surface area contributed by atoms with E-state index in [1.165, 1.54) is 7.11 Å². The maximum atomic E-state index is 13.9. The Bertz CT molecular complexity index is 1460. The normalized spacial score (nSPS) is 14.3. The number of aromatic nitrogens is 2. The second kappa shape index (κ2) is 13.7. The number of carbonyl (C=O) groups excluding carboxylic acids is 2. The van der Waals surface area contributed by atoms with Gasteiger partial charge in [0.2, 0.25) is 5.95 Å². The average molecular weight is 613 g/mol. The lowest BCUT2D eigenvalue weighted by Crippen LogP contribution is -2.41. The zero-order valence-corrected chi connectivity index (χ0v) is 25.8. The van der Waals surface area contributed by atoms with Crippen molar-refractivity contribution in [1.82, 2.24) is 14.9 Å². The molecule has 236 valence electrons. The van der Waals surface area contributed by atoms with Gasteiger partial charge < -0.3 is 19.7 Å². The highest BCUT2D eigenvalue weighted by molar-refractivity contribution is 5.73. The summed E-state index contributed by atoms with van der Waals surface area (Å²) in [4.78, 5) is 34.2. The number of rotatable bonds is 8. The van der Waals surface area contributed by atoms with Gasteiger partial charge in [-0.3, -0.25) is 4.79 Å². The molecule has 0 bridgehead atoms. The number of ether oxygens (including phenoxy) is 2. The number of carbonyl (C=O) groups is 2. The zero-order valence-electron chi connectivity index (χ0n) is 25.8. The molecule has 44 heavy (non-hydrogen) atoms. The lowest BCUT2D eigenvalue weighted by atomic mass is 9.89. The molecule has 2 heterocycles. The van der Waals surface area contributed by atoms with E-state index in [1.54, 1.807) is 11.0 Å². The second-order valence-corrected chi connectivity index (χ2v) is 12.1. The summed E-state index contributed by atoms with van der Waals surface area (Å²) >= 11 is 0. The van der Waals surface area contributed by atoms with Gasteiger partial charge >= 0.3 is 18.2 Å². The van der Waals surface area contributed by atoms with Crippen molar-refractivity contribution in [3.63, 3.8) is 0 Å². The Hall–Kier alpha value is -4.15. The van der Waals surface area contributed by atoms with Crippen LogP contribution in [0.4, 0.5) is 29.6 Å². The van der Waals surface area contributed by atoms with E-state index in [0.717, 1.165) is 35.7 Å². The minimum Gasteiger partial charge on any atom is -0.469 e. The maximum absolute atomic E-state index is 13.9. The van der Waals surface area contributed by atoms with Gasteiger partial charge in [-0.15, -0.1) is 0 Å². The third-order valence-corrected chi connectivity index (χ3v) is 7.51. The third kappa shape index (κ3) is 8.93. The Morgan fingerprint density at radius 1 is 1.00 bits per heavy atom. The molecule has 3 aromatic rings. The highest BCUT2D eigenvalue weighted by Gasteiger charge is 2.35. The summed E-state index contributed by atoms with van der Waals surface area (Å²) in [5, 5.41) is 3.03. The van der Waals surface area contributed by atoms with Crippen LogP contribution < -0.4 is 5.32 Å². The Kier molecular flexibility index (Phi) is 10.2. The van der Waals surface area contributed by atoms with Crippen LogP contribution in [0.15, 0.2) is 48.7 Å². The van der Waals surface area contributed by atoms with Crippen molar-refractivity contribution in [3.8, 4) is 0 Å². The van der Waals surface area contributed by atoms with E-state index in [-0.39, 0.29) is 42.9 Å². The largest absolute Gasteiger partial charge is 0.469 e. The van der Waals surface area contributed by atoms with Gasteiger partial charge in [0.25, 0.3) is 0 Å². The molecule has 1 aliphatic heterocycles. The Morgan fingerprint density at radius 2 is 1.68 bits per heavy atom. The average Bonchev–Trinajstić information content (AvgIpc) is 2.96. The summed E-state index contributed by atoms with van der Waals surface area (Å²) < 4.78 is 51.8. The van der Waals surface area contributed by atoms with Gasteiger partial charge in [0.05, 0.1) is 24.8 Å². The van der Waals surface area contributed by atoms with Crippen LogP contribution >= 0.6 is 0 Å². The van der Waals surface area contributed by atoms with Crippen LogP contribution in [0.1, 0.15) is 73.0 Å². The van der Waals surface area contributed by atoms with Crippen LogP contribution in [-0.4, -0.2) is 52.7 Å². The molecule has 11 heteroatoms. The smallest absolute Gasteiger partial charge is 0.419 e. The number of likely N-dealkylation sites (tertiary alicyclic amines) is 1. The van der Waals surface area contributed by atoms with Gasteiger partial charge in [0.15, 0.2) is 0 Å². The molecule has 0 saturated carbocycles. The van der Waals surface area contributed by atoms with E-state index in [1.807, 2.05) is 64.1 Å². The lowest BCUT2D eigenvalue weighted by molar-refractivity contribution is -0.140. The Morgan fingerprint density at radius 3 is 2.30 bits per heavy atom. The number of methoxy groups -OCH3 is 1. The van der Waals surface area contributed by atoms with E-state index in [2.05, 4.69) is 15.3 Å². The molecule has 1 N–H and O–H groups in total. The van der Waals surface area contributed by atoms with Gasteiger partial charge in [-0.2, -0.15) is 13.2 Å². The van der Waals surface area contributed by atoms with Gasteiger partial charge in [-0.1, -0.05) is 35.9 Å². The minimum absolute atomic E-state index is 0.00456. The first kappa shape index (κ1) is 32.8. The maximum Gasteiger partial charge on any atom is 0.419 e. The van der Waals surface area contributed by atoms with Gasteiger partial charge in [0.1, 0.15) is 5.60 Å². The number of piperidine rings is 1. The number of hydrogen-bond acceptors (Lipinski definition) is 7. The van der Waals surface area contributed by atoms with E-state index in [0.29, 0.717) is 24.3 Å². The van der Waals surface area contributed by atoms with Crippen molar-refractivity contribution in [2.45, 2.75) is 77.5 Å². The quantitative estimate of drug-likeness (QED) is 0.270. The van der Waals surface area contributed by atoms with Crippen molar-refractivity contribution in [1.29, 1.82) is 0 Å². The Labute approximate surface area is 256 Å². The molecule has 0 spiro atoms. The van der Waals surface area contributed by atoms with Crippen LogP contribution in [0, 0.1) is 6.92 Å². The number of nitrogens with one attached hydrogen (secondary N) is 1. The third-order valence-electron chi connectivity index (χ3n) is 7.51. The number of nitrogens with zero attached hydrogens (tertiary/aromatic N) is 3. The fourth-order valence-corrected chi connectivity index (χ4v) is 5.23. The van der Waals surface area contributed by atoms with Crippen LogP contribution in [0.3, 0.4) is 0 Å². The summed E-state index contributed by atoms with van der Waals surface area (Å²) in [6, 6.07) is 13.2. The number of esters is 1. The topological polar surface area (TPSA) is 93.7 Å². The highest BCUT2D eigenvalue weighted by Crippen LogP contribution is 2.33. The lowest BCUT2D eigenvalue weighted by Gasteiger charge is -2.33. The van der Waals surface area contributed by atoms with Crippen molar-refractivity contribution in [2.24, 2.45) is 0 Å². The summed E-state index contributed by atoms with van der Waals surface area (Å²) in [5.41, 5.74) is 2.62.